The van der Waals surface area contributed by atoms with Gasteiger partial charge in [0.1, 0.15) is 0 Å². The Morgan fingerprint density at radius 1 is 1.44 bits per heavy atom. The predicted molar refractivity (Wildman–Crippen MR) is 53.7 cm³/mol. The highest BCUT2D eigenvalue weighted by Gasteiger charge is 2.24. The molecular formula is C11H10FNO3. The Morgan fingerprint density at radius 2 is 2.19 bits per heavy atom. The number of Topliss-reactive ketones (excluding diaryl/α,β-unsaturated/α-hetero) is 1. The van der Waals surface area contributed by atoms with Gasteiger partial charge in [0.25, 0.3) is 5.91 Å². The molecule has 0 saturated carbocycles. The molecule has 0 aromatic heterocycles. The number of fused-ring (bicyclic) bond motifs is 1. The normalized spacial score (nSPS) is 13.7. The van der Waals surface area contributed by atoms with Gasteiger partial charge < -0.3 is 10.5 Å². The first kappa shape index (κ1) is 10.6. The summed E-state index contributed by atoms with van der Waals surface area (Å²) in [6.07, 6.45) is 0.708. The minimum atomic E-state index is -0.670. The van der Waals surface area contributed by atoms with Crippen LogP contribution in [0.15, 0.2) is 12.1 Å². The number of halogens is 1. The molecule has 1 aromatic rings. The number of hydrogen-bond acceptors (Lipinski definition) is 3. The summed E-state index contributed by atoms with van der Waals surface area (Å²) < 4.78 is 18.7. The van der Waals surface area contributed by atoms with E-state index in [1.807, 2.05) is 0 Å². The lowest BCUT2D eigenvalue weighted by atomic mass is 10.1. The van der Waals surface area contributed by atoms with E-state index in [9.17, 15) is 14.0 Å². The summed E-state index contributed by atoms with van der Waals surface area (Å²) in [7, 11) is 0. The zero-order valence-electron chi connectivity index (χ0n) is 8.46. The van der Waals surface area contributed by atoms with Crippen LogP contribution in [0.1, 0.15) is 22.3 Å². The third-order valence-electron chi connectivity index (χ3n) is 2.48. The van der Waals surface area contributed by atoms with Crippen molar-refractivity contribution in [3.63, 3.8) is 0 Å². The second kappa shape index (κ2) is 3.92. The molecule has 16 heavy (non-hydrogen) atoms. The lowest BCUT2D eigenvalue weighted by Crippen LogP contribution is -2.20. The minimum absolute atomic E-state index is 0.0350. The summed E-state index contributed by atoms with van der Waals surface area (Å²) in [5.41, 5.74) is 5.66. The van der Waals surface area contributed by atoms with Gasteiger partial charge in [0.2, 0.25) is 0 Å². The van der Waals surface area contributed by atoms with E-state index in [4.69, 9.17) is 10.5 Å². The summed E-state index contributed by atoms with van der Waals surface area (Å²) >= 11 is 0. The van der Waals surface area contributed by atoms with Crippen LogP contribution in [-0.4, -0.2) is 18.3 Å². The lowest BCUT2D eigenvalue weighted by Gasteiger charge is -2.07. The van der Waals surface area contributed by atoms with Crippen molar-refractivity contribution in [2.24, 2.45) is 5.73 Å². The van der Waals surface area contributed by atoms with Gasteiger partial charge in [-0.15, -0.1) is 0 Å². The van der Waals surface area contributed by atoms with Crippen molar-refractivity contribution >= 4 is 11.7 Å². The number of ether oxygens (including phenoxy) is 1. The third-order valence-corrected chi connectivity index (χ3v) is 2.48. The van der Waals surface area contributed by atoms with Crippen LogP contribution < -0.4 is 10.5 Å². The van der Waals surface area contributed by atoms with Crippen molar-refractivity contribution < 1.29 is 18.7 Å². The average molecular weight is 223 g/mol. The molecule has 1 aliphatic rings. The number of benzene rings is 1. The van der Waals surface area contributed by atoms with Crippen molar-refractivity contribution in [3.8, 4) is 5.75 Å². The Balaban J connectivity index is 2.29. The number of ketones is 1. The first-order valence-electron chi connectivity index (χ1n) is 4.85. The highest BCUT2D eigenvalue weighted by atomic mass is 19.1. The molecule has 1 aromatic carbocycles. The van der Waals surface area contributed by atoms with E-state index in [-0.39, 0.29) is 18.1 Å². The van der Waals surface area contributed by atoms with Gasteiger partial charge in [-0.2, -0.15) is 0 Å². The van der Waals surface area contributed by atoms with E-state index in [0.29, 0.717) is 24.0 Å². The lowest BCUT2D eigenvalue weighted by molar-refractivity contribution is -0.120. The van der Waals surface area contributed by atoms with Gasteiger partial charge in [0, 0.05) is 17.5 Å². The molecule has 5 heteroatoms. The Kier molecular flexibility index (Phi) is 2.60. The van der Waals surface area contributed by atoms with Crippen LogP contribution in [0.25, 0.3) is 0 Å². The fraction of sp³-hybridized carbons (Fsp3) is 0.273. The molecule has 0 heterocycles. The van der Waals surface area contributed by atoms with Crippen molar-refractivity contribution in [2.75, 3.05) is 6.61 Å². The first-order valence-corrected chi connectivity index (χ1v) is 4.85. The number of rotatable bonds is 3. The molecule has 0 atom stereocenters. The highest BCUT2D eigenvalue weighted by Crippen LogP contribution is 2.30. The number of hydrogen-bond donors (Lipinski definition) is 1. The van der Waals surface area contributed by atoms with Crippen LogP contribution >= 0.6 is 0 Å². The van der Waals surface area contributed by atoms with Crippen molar-refractivity contribution in [2.45, 2.75) is 12.8 Å². The molecule has 0 spiro atoms. The quantitative estimate of drug-likeness (QED) is 0.824. The summed E-state index contributed by atoms with van der Waals surface area (Å²) in [5.74, 6) is -1.33. The van der Waals surface area contributed by atoms with Gasteiger partial charge in [0.15, 0.2) is 24.0 Å². The number of carbonyl (C=O) groups excluding carboxylic acids is 2. The van der Waals surface area contributed by atoms with Gasteiger partial charge in [-0.05, 0) is 18.6 Å². The summed E-state index contributed by atoms with van der Waals surface area (Å²) in [5, 5.41) is 0. The predicted octanol–water partition coefficient (Wildman–Crippen LogP) is 0.819. The van der Waals surface area contributed by atoms with Crippen LogP contribution in [-0.2, 0) is 11.2 Å². The monoisotopic (exact) mass is 223 g/mol. The molecule has 0 radical (unpaired) electrons. The molecule has 4 nitrogen and oxygen atoms in total. The zero-order chi connectivity index (χ0) is 11.7. The Labute approximate surface area is 91.2 Å². The smallest absolute Gasteiger partial charge is 0.255 e. The van der Waals surface area contributed by atoms with Gasteiger partial charge in [-0.3, -0.25) is 9.59 Å². The first-order chi connectivity index (χ1) is 7.59. The molecule has 0 aliphatic heterocycles. The molecule has 2 N–H and O–H groups in total. The zero-order valence-corrected chi connectivity index (χ0v) is 8.46. The second-order valence-corrected chi connectivity index (χ2v) is 3.58. The van der Waals surface area contributed by atoms with E-state index in [0.717, 1.165) is 0 Å². The molecule has 1 amide bonds. The number of amides is 1. The van der Waals surface area contributed by atoms with E-state index >= 15 is 0 Å². The van der Waals surface area contributed by atoms with Crippen LogP contribution in [0.2, 0.25) is 0 Å². The van der Waals surface area contributed by atoms with Crippen LogP contribution in [0, 0.1) is 5.82 Å². The maximum atomic E-state index is 13.8. The van der Waals surface area contributed by atoms with E-state index in [1.54, 1.807) is 0 Å². The topological polar surface area (TPSA) is 69.4 Å². The maximum absolute atomic E-state index is 13.8. The van der Waals surface area contributed by atoms with Crippen LogP contribution in [0.4, 0.5) is 4.39 Å². The minimum Gasteiger partial charge on any atom is -0.481 e. The Hall–Kier alpha value is -1.91. The van der Waals surface area contributed by atoms with E-state index < -0.39 is 11.7 Å². The number of nitrogens with two attached hydrogens (primary N) is 1. The van der Waals surface area contributed by atoms with Crippen LogP contribution in [0.3, 0.4) is 0 Å². The third kappa shape index (κ3) is 1.76. The molecule has 2 rings (SSSR count). The summed E-state index contributed by atoms with van der Waals surface area (Å²) in [4.78, 5) is 21.8. The molecule has 1 aliphatic carbocycles. The number of carbonyl (C=O) groups is 2. The van der Waals surface area contributed by atoms with Gasteiger partial charge in [0.05, 0.1) is 0 Å². The molecule has 0 fully saturated rings. The molecular weight excluding hydrogens is 213 g/mol. The highest BCUT2D eigenvalue weighted by molar-refractivity contribution is 6.00. The SMILES string of the molecule is NC(=O)COc1ccc2c(c1F)CCC2=O. The average Bonchev–Trinajstić information content (AvgIpc) is 2.60. The standard InChI is InChI=1S/C11H10FNO3/c12-11-7-1-3-8(14)6(7)2-4-9(11)16-5-10(13)15/h2,4H,1,3,5H2,(H2,13,15). The van der Waals surface area contributed by atoms with E-state index in [2.05, 4.69) is 0 Å². The summed E-state index contributed by atoms with van der Waals surface area (Å²) in [6.45, 7) is -0.371. The molecule has 0 saturated heterocycles. The van der Waals surface area contributed by atoms with Gasteiger partial charge in [-0.25, -0.2) is 4.39 Å². The van der Waals surface area contributed by atoms with Gasteiger partial charge in [-0.1, -0.05) is 0 Å². The van der Waals surface area contributed by atoms with Crippen LogP contribution in [0.5, 0.6) is 5.75 Å². The van der Waals surface area contributed by atoms with Crippen molar-refractivity contribution in [1.82, 2.24) is 0 Å². The Bertz CT molecular complexity index is 471. The number of primary amides is 1. The maximum Gasteiger partial charge on any atom is 0.255 e. The van der Waals surface area contributed by atoms with Gasteiger partial charge >= 0.3 is 0 Å². The molecule has 0 bridgehead atoms. The van der Waals surface area contributed by atoms with E-state index in [1.165, 1.54) is 12.1 Å². The fourth-order valence-electron chi connectivity index (χ4n) is 1.74. The fourth-order valence-corrected chi connectivity index (χ4v) is 1.74. The van der Waals surface area contributed by atoms with Crippen molar-refractivity contribution in [1.29, 1.82) is 0 Å². The second-order valence-electron chi connectivity index (χ2n) is 3.58. The van der Waals surface area contributed by atoms with Crippen molar-refractivity contribution in [3.05, 3.63) is 29.1 Å². The molecule has 0 unspecified atom stereocenters. The largest absolute Gasteiger partial charge is 0.481 e. The molecule has 84 valence electrons. The Morgan fingerprint density at radius 3 is 2.88 bits per heavy atom. The summed E-state index contributed by atoms with van der Waals surface area (Å²) in [6, 6.07) is 2.87.